The first kappa shape index (κ1) is 18.7. The smallest absolute Gasteiger partial charge is 0.261 e. The molecule has 20 heavy (non-hydrogen) atoms. The van der Waals surface area contributed by atoms with Crippen LogP contribution in [0.15, 0.2) is 30.3 Å². The van der Waals surface area contributed by atoms with Crippen molar-refractivity contribution in [1.29, 1.82) is 0 Å². The number of carbonyl (C=O) groups excluding carboxylic acids is 1. The standard InChI is InChI=1S/C15H24N2O2.ClH/c1-11(2)9-13(10-16)17-15(18)12(3)19-14-7-5-4-6-8-14;/h4-8,11-13H,9-10,16H2,1-3H3,(H,17,18);1H. The molecule has 1 aromatic rings. The Kier molecular flexibility index (Phi) is 9.01. The maximum atomic E-state index is 12.0. The fraction of sp³-hybridized carbons (Fsp3) is 0.533. The minimum atomic E-state index is -0.524. The van der Waals surface area contributed by atoms with Gasteiger partial charge in [-0.25, -0.2) is 0 Å². The number of ether oxygens (including phenoxy) is 1. The maximum Gasteiger partial charge on any atom is 0.261 e. The molecule has 2 atom stereocenters. The van der Waals surface area contributed by atoms with Gasteiger partial charge in [-0.3, -0.25) is 4.79 Å². The van der Waals surface area contributed by atoms with Crippen molar-refractivity contribution in [3.8, 4) is 5.75 Å². The lowest BCUT2D eigenvalue weighted by atomic mass is 10.0. The van der Waals surface area contributed by atoms with Gasteiger partial charge in [0, 0.05) is 12.6 Å². The molecule has 0 radical (unpaired) electrons. The SMILES string of the molecule is CC(C)CC(CN)NC(=O)C(C)Oc1ccccc1.Cl. The Balaban J connectivity index is 0.00000361. The highest BCUT2D eigenvalue weighted by Crippen LogP contribution is 2.11. The Morgan fingerprint density at radius 1 is 1.25 bits per heavy atom. The molecule has 0 fully saturated rings. The summed E-state index contributed by atoms with van der Waals surface area (Å²) in [5, 5.41) is 2.93. The summed E-state index contributed by atoms with van der Waals surface area (Å²) in [6, 6.07) is 9.33. The molecule has 3 N–H and O–H groups in total. The number of amides is 1. The molecule has 0 saturated heterocycles. The van der Waals surface area contributed by atoms with Crippen LogP contribution in [0.4, 0.5) is 0 Å². The van der Waals surface area contributed by atoms with Crippen LogP contribution in [0.25, 0.3) is 0 Å². The zero-order valence-electron chi connectivity index (χ0n) is 12.3. The third-order valence-electron chi connectivity index (χ3n) is 2.81. The molecule has 0 bridgehead atoms. The second-order valence-electron chi connectivity index (χ2n) is 5.14. The van der Waals surface area contributed by atoms with E-state index in [0.717, 1.165) is 6.42 Å². The summed E-state index contributed by atoms with van der Waals surface area (Å²) in [6.45, 7) is 6.41. The van der Waals surface area contributed by atoms with Crippen LogP contribution in [0.5, 0.6) is 5.75 Å². The number of benzene rings is 1. The summed E-state index contributed by atoms with van der Waals surface area (Å²) in [7, 11) is 0. The predicted molar refractivity (Wildman–Crippen MR) is 84.2 cm³/mol. The van der Waals surface area contributed by atoms with Crippen molar-refractivity contribution in [3.63, 3.8) is 0 Å². The molecule has 114 valence electrons. The van der Waals surface area contributed by atoms with E-state index in [-0.39, 0.29) is 24.4 Å². The highest BCUT2D eigenvalue weighted by molar-refractivity contribution is 5.85. The summed E-state index contributed by atoms with van der Waals surface area (Å²) >= 11 is 0. The fourth-order valence-electron chi connectivity index (χ4n) is 1.86. The van der Waals surface area contributed by atoms with Crippen molar-refractivity contribution in [2.45, 2.75) is 39.3 Å². The van der Waals surface area contributed by atoms with Crippen LogP contribution >= 0.6 is 12.4 Å². The number of halogens is 1. The van der Waals surface area contributed by atoms with Gasteiger partial charge in [0.15, 0.2) is 6.10 Å². The summed E-state index contributed by atoms with van der Waals surface area (Å²) in [5.74, 6) is 1.07. The zero-order chi connectivity index (χ0) is 14.3. The summed E-state index contributed by atoms with van der Waals surface area (Å²) in [6.07, 6.45) is 0.351. The highest BCUT2D eigenvalue weighted by atomic mass is 35.5. The molecular formula is C15H25ClN2O2. The van der Waals surface area contributed by atoms with Crippen molar-refractivity contribution < 1.29 is 9.53 Å². The van der Waals surface area contributed by atoms with Crippen molar-refractivity contribution >= 4 is 18.3 Å². The Labute approximate surface area is 127 Å². The molecule has 0 aromatic heterocycles. The Morgan fingerprint density at radius 3 is 2.35 bits per heavy atom. The van der Waals surface area contributed by atoms with E-state index in [1.807, 2.05) is 30.3 Å². The molecule has 1 rings (SSSR count). The van der Waals surface area contributed by atoms with Gasteiger partial charge in [0.25, 0.3) is 5.91 Å². The van der Waals surface area contributed by atoms with Crippen LogP contribution in [0, 0.1) is 5.92 Å². The van der Waals surface area contributed by atoms with E-state index in [9.17, 15) is 4.79 Å². The van der Waals surface area contributed by atoms with Crippen LogP contribution in [-0.4, -0.2) is 24.6 Å². The number of hydrogen-bond acceptors (Lipinski definition) is 3. The number of para-hydroxylation sites is 1. The third kappa shape index (κ3) is 6.78. The molecule has 4 nitrogen and oxygen atoms in total. The van der Waals surface area contributed by atoms with Gasteiger partial charge in [0.1, 0.15) is 5.75 Å². The maximum absolute atomic E-state index is 12.0. The Morgan fingerprint density at radius 2 is 1.85 bits per heavy atom. The first-order chi connectivity index (χ1) is 9.02. The monoisotopic (exact) mass is 300 g/mol. The zero-order valence-corrected chi connectivity index (χ0v) is 13.2. The van der Waals surface area contributed by atoms with Crippen molar-refractivity contribution in [2.24, 2.45) is 11.7 Å². The largest absolute Gasteiger partial charge is 0.481 e. The van der Waals surface area contributed by atoms with E-state index in [1.54, 1.807) is 6.92 Å². The number of nitrogens with two attached hydrogens (primary N) is 1. The third-order valence-corrected chi connectivity index (χ3v) is 2.81. The summed E-state index contributed by atoms with van der Waals surface area (Å²) < 4.78 is 5.57. The molecule has 0 saturated carbocycles. The number of nitrogens with one attached hydrogen (secondary N) is 1. The first-order valence-corrected chi connectivity index (χ1v) is 6.75. The van der Waals surface area contributed by atoms with Crippen molar-refractivity contribution in [2.75, 3.05) is 6.54 Å². The van der Waals surface area contributed by atoms with E-state index >= 15 is 0 Å². The summed E-state index contributed by atoms with van der Waals surface area (Å²) in [5.41, 5.74) is 5.67. The second kappa shape index (κ2) is 9.61. The molecule has 0 aliphatic rings. The topological polar surface area (TPSA) is 64.3 Å². The normalized spacial score (nSPS) is 13.2. The van der Waals surface area contributed by atoms with E-state index in [2.05, 4.69) is 19.2 Å². The van der Waals surface area contributed by atoms with Crippen LogP contribution in [-0.2, 0) is 4.79 Å². The lowest BCUT2D eigenvalue weighted by molar-refractivity contribution is -0.128. The molecular weight excluding hydrogens is 276 g/mol. The van der Waals surface area contributed by atoms with Gasteiger partial charge < -0.3 is 15.8 Å². The lowest BCUT2D eigenvalue weighted by Gasteiger charge is -2.21. The van der Waals surface area contributed by atoms with Gasteiger partial charge in [-0.2, -0.15) is 0 Å². The van der Waals surface area contributed by atoms with E-state index in [0.29, 0.717) is 18.2 Å². The van der Waals surface area contributed by atoms with Crippen LogP contribution < -0.4 is 15.8 Å². The van der Waals surface area contributed by atoms with E-state index in [1.165, 1.54) is 0 Å². The number of rotatable bonds is 7. The average molecular weight is 301 g/mol. The number of carbonyl (C=O) groups is 1. The van der Waals surface area contributed by atoms with Crippen LogP contribution in [0.2, 0.25) is 0 Å². The van der Waals surface area contributed by atoms with E-state index in [4.69, 9.17) is 10.5 Å². The second-order valence-corrected chi connectivity index (χ2v) is 5.14. The molecule has 0 aliphatic heterocycles. The lowest BCUT2D eigenvalue weighted by Crippen LogP contribution is -2.46. The number of hydrogen-bond donors (Lipinski definition) is 2. The molecule has 0 aliphatic carbocycles. The molecule has 0 spiro atoms. The van der Waals surface area contributed by atoms with Crippen LogP contribution in [0.3, 0.4) is 0 Å². The predicted octanol–water partition coefficient (Wildman–Crippen LogP) is 2.37. The molecule has 2 unspecified atom stereocenters. The van der Waals surface area contributed by atoms with Crippen LogP contribution in [0.1, 0.15) is 27.2 Å². The average Bonchev–Trinajstić information content (AvgIpc) is 2.38. The van der Waals surface area contributed by atoms with Gasteiger partial charge in [-0.15, -0.1) is 12.4 Å². The molecule has 5 heteroatoms. The van der Waals surface area contributed by atoms with Gasteiger partial charge in [0.2, 0.25) is 0 Å². The van der Waals surface area contributed by atoms with Gasteiger partial charge in [-0.05, 0) is 31.4 Å². The quantitative estimate of drug-likeness (QED) is 0.812. The van der Waals surface area contributed by atoms with Gasteiger partial charge in [0.05, 0.1) is 0 Å². The summed E-state index contributed by atoms with van der Waals surface area (Å²) in [4.78, 5) is 12.0. The Hall–Kier alpha value is -1.26. The Bertz CT molecular complexity index is 385. The fourth-order valence-corrected chi connectivity index (χ4v) is 1.86. The minimum Gasteiger partial charge on any atom is -0.481 e. The van der Waals surface area contributed by atoms with E-state index < -0.39 is 6.10 Å². The molecule has 0 heterocycles. The molecule has 1 amide bonds. The van der Waals surface area contributed by atoms with Gasteiger partial charge in [-0.1, -0.05) is 32.0 Å². The first-order valence-electron chi connectivity index (χ1n) is 6.75. The van der Waals surface area contributed by atoms with Crippen molar-refractivity contribution in [3.05, 3.63) is 30.3 Å². The van der Waals surface area contributed by atoms with Crippen molar-refractivity contribution in [1.82, 2.24) is 5.32 Å². The van der Waals surface area contributed by atoms with Gasteiger partial charge >= 0.3 is 0 Å². The minimum absolute atomic E-state index is 0. The highest BCUT2D eigenvalue weighted by Gasteiger charge is 2.18. The molecule has 1 aromatic carbocycles.